The third kappa shape index (κ3) is 5.01. The van der Waals surface area contributed by atoms with Gasteiger partial charge in [0.25, 0.3) is 0 Å². The van der Waals surface area contributed by atoms with Crippen molar-refractivity contribution in [2.75, 3.05) is 13.1 Å². The Morgan fingerprint density at radius 2 is 1.90 bits per heavy atom. The van der Waals surface area contributed by atoms with Crippen molar-refractivity contribution in [3.05, 3.63) is 0 Å². The van der Waals surface area contributed by atoms with Crippen LogP contribution < -0.4 is 5.32 Å². The molecule has 1 N–H and O–H groups in total. The summed E-state index contributed by atoms with van der Waals surface area (Å²) in [6.45, 7) is 7.46. The number of likely N-dealkylation sites (tertiary alicyclic amines) is 1. The van der Waals surface area contributed by atoms with Crippen LogP contribution in [0.5, 0.6) is 0 Å². The first-order chi connectivity index (χ1) is 9.99. The van der Waals surface area contributed by atoms with E-state index in [4.69, 9.17) is 0 Å². The van der Waals surface area contributed by atoms with Gasteiger partial charge in [0, 0.05) is 31.5 Å². The molecule has 2 rings (SSSR count). The average Bonchev–Trinajstić information content (AvgIpc) is 3.22. The highest BCUT2D eigenvalue weighted by molar-refractivity contribution is 5.79. The van der Waals surface area contributed by atoms with Crippen LogP contribution >= 0.6 is 0 Å². The van der Waals surface area contributed by atoms with Gasteiger partial charge in [0.1, 0.15) is 0 Å². The maximum absolute atomic E-state index is 12.2. The van der Waals surface area contributed by atoms with Gasteiger partial charge in [-0.3, -0.25) is 9.59 Å². The fourth-order valence-electron chi connectivity index (χ4n) is 3.25. The number of hydrogen-bond donors (Lipinski definition) is 1. The van der Waals surface area contributed by atoms with Crippen molar-refractivity contribution in [1.29, 1.82) is 0 Å². The lowest BCUT2D eigenvalue weighted by atomic mass is 9.89. The molecular formula is C17H30N2O2. The first-order valence-electron chi connectivity index (χ1n) is 8.57. The fraction of sp³-hybridized carbons (Fsp3) is 0.882. The summed E-state index contributed by atoms with van der Waals surface area (Å²) in [5.41, 5.74) is 0. The summed E-state index contributed by atoms with van der Waals surface area (Å²) in [6.07, 6.45) is 6.48. The molecule has 21 heavy (non-hydrogen) atoms. The van der Waals surface area contributed by atoms with Crippen molar-refractivity contribution < 1.29 is 9.59 Å². The Morgan fingerprint density at radius 1 is 1.19 bits per heavy atom. The van der Waals surface area contributed by atoms with Crippen molar-refractivity contribution >= 4 is 11.8 Å². The Balaban J connectivity index is 1.94. The standard InChI is InChI=1S/C17H30N2O2/c1-4-5-16(20)19-10-14(8-13-6-7-13)9-15(11-19)18-17(21)12(2)3/h12-15H,4-11H2,1-3H3,(H,18,21). The lowest BCUT2D eigenvalue weighted by Gasteiger charge is -2.38. The molecule has 2 aliphatic rings. The maximum atomic E-state index is 12.2. The summed E-state index contributed by atoms with van der Waals surface area (Å²) in [5, 5.41) is 3.14. The fourth-order valence-corrected chi connectivity index (χ4v) is 3.25. The van der Waals surface area contributed by atoms with Crippen LogP contribution in [-0.2, 0) is 9.59 Å². The van der Waals surface area contributed by atoms with Gasteiger partial charge in [-0.05, 0) is 31.1 Å². The lowest BCUT2D eigenvalue weighted by Crippen LogP contribution is -2.53. The van der Waals surface area contributed by atoms with Gasteiger partial charge in [-0.25, -0.2) is 0 Å². The van der Waals surface area contributed by atoms with Gasteiger partial charge < -0.3 is 10.2 Å². The van der Waals surface area contributed by atoms with Crippen LogP contribution in [0.2, 0.25) is 0 Å². The van der Waals surface area contributed by atoms with Crippen molar-refractivity contribution in [3.63, 3.8) is 0 Å². The zero-order valence-corrected chi connectivity index (χ0v) is 13.7. The number of carbonyl (C=O) groups is 2. The van der Waals surface area contributed by atoms with Gasteiger partial charge in [0.05, 0.1) is 0 Å². The molecule has 0 radical (unpaired) electrons. The number of rotatable bonds is 6. The Bertz CT molecular complexity index is 377. The molecule has 2 amide bonds. The van der Waals surface area contributed by atoms with E-state index in [1.807, 2.05) is 25.7 Å². The molecule has 1 aliphatic heterocycles. The predicted octanol–water partition coefficient (Wildman–Crippen LogP) is 2.58. The van der Waals surface area contributed by atoms with Crippen molar-refractivity contribution in [2.24, 2.45) is 17.8 Å². The Hall–Kier alpha value is -1.06. The van der Waals surface area contributed by atoms with E-state index in [2.05, 4.69) is 5.32 Å². The Kier molecular flexibility index (Phi) is 5.65. The van der Waals surface area contributed by atoms with Gasteiger partial charge in [0.2, 0.25) is 11.8 Å². The maximum Gasteiger partial charge on any atom is 0.222 e. The molecule has 0 aromatic carbocycles. The smallest absolute Gasteiger partial charge is 0.222 e. The highest BCUT2D eigenvalue weighted by Gasteiger charge is 2.34. The summed E-state index contributed by atoms with van der Waals surface area (Å²) >= 11 is 0. The summed E-state index contributed by atoms with van der Waals surface area (Å²) in [4.78, 5) is 26.2. The van der Waals surface area contributed by atoms with Crippen molar-refractivity contribution in [2.45, 2.75) is 65.3 Å². The van der Waals surface area contributed by atoms with E-state index in [-0.39, 0.29) is 23.8 Å². The highest BCUT2D eigenvalue weighted by atomic mass is 16.2. The minimum atomic E-state index is 0.00796. The first kappa shape index (κ1) is 16.3. The topological polar surface area (TPSA) is 49.4 Å². The van der Waals surface area contributed by atoms with E-state index in [9.17, 15) is 9.59 Å². The van der Waals surface area contributed by atoms with Gasteiger partial charge >= 0.3 is 0 Å². The minimum Gasteiger partial charge on any atom is -0.351 e. The number of carbonyl (C=O) groups excluding carboxylic acids is 2. The molecule has 2 fully saturated rings. The van der Waals surface area contributed by atoms with Crippen LogP contribution in [-0.4, -0.2) is 35.8 Å². The zero-order chi connectivity index (χ0) is 15.4. The molecule has 0 aromatic heterocycles. The van der Waals surface area contributed by atoms with Gasteiger partial charge in [-0.2, -0.15) is 0 Å². The predicted molar refractivity (Wildman–Crippen MR) is 83.7 cm³/mol. The second kappa shape index (κ2) is 7.28. The molecule has 4 heteroatoms. The van der Waals surface area contributed by atoms with Crippen molar-refractivity contribution in [3.8, 4) is 0 Å². The van der Waals surface area contributed by atoms with E-state index in [1.165, 1.54) is 19.3 Å². The van der Waals surface area contributed by atoms with Crippen LogP contribution in [0.3, 0.4) is 0 Å². The molecule has 2 atom stereocenters. The average molecular weight is 294 g/mol. The lowest BCUT2D eigenvalue weighted by molar-refractivity contribution is -0.135. The molecular weight excluding hydrogens is 264 g/mol. The summed E-state index contributed by atoms with van der Waals surface area (Å²) < 4.78 is 0. The third-order valence-corrected chi connectivity index (χ3v) is 4.59. The Morgan fingerprint density at radius 3 is 2.48 bits per heavy atom. The van der Waals surface area contributed by atoms with Crippen LogP contribution in [0, 0.1) is 17.8 Å². The number of hydrogen-bond acceptors (Lipinski definition) is 2. The largest absolute Gasteiger partial charge is 0.351 e. The minimum absolute atomic E-state index is 0.00796. The zero-order valence-electron chi connectivity index (χ0n) is 13.7. The molecule has 0 aromatic rings. The first-order valence-corrected chi connectivity index (χ1v) is 8.57. The molecule has 0 spiro atoms. The monoisotopic (exact) mass is 294 g/mol. The van der Waals surface area contributed by atoms with E-state index in [1.54, 1.807) is 0 Å². The molecule has 1 saturated carbocycles. The van der Waals surface area contributed by atoms with Crippen LogP contribution in [0.1, 0.15) is 59.3 Å². The molecule has 1 saturated heterocycles. The summed E-state index contributed by atoms with van der Waals surface area (Å²) in [7, 11) is 0. The Labute approximate surface area is 128 Å². The van der Waals surface area contributed by atoms with Crippen molar-refractivity contribution in [1.82, 2.24) is 10.2 Å². The molecule has 0 bridgehead atoms. The summed E-state index contributed by atoms with van der Waals surface area (Å²) in [6, 6.07) is 0.137. The van der Waals surface area contributed by atoms with E-state index in [0.717, 1.165) is 25.3 Å². The van der Waals surface area contributed by atoms with E-state index >= 15 is 0 Å². The summed E-state index contributed by atoms with van der Waals surface area (Å²) in [5.74, 6) is 1.80. The SMILES string of the molecule is CCCC(=O)N1CC(CC2CC2)CC(NC(=O)C(C)C)C1. The number of piperidine rings is 1. The quantitative estimate of drug-likeness (QED) is 0.818. The van der Waals surface area contributed by atoms with E-state index in [0.29, 0.717) is 18.9 Å². The second-order valence-electron chi connectivity index (χ2n) is 7.19. The van der Waals surface area contributed by atoms with Crippen LogP contribution in [0.25, 0.3) is 0 Å². The van der Waals surface area contributed by atoms with Crippen LogP contribution in [0.4, 0.5) is 0 Å². The molecule has 2 unspecified atom stereocenters. The van der Waals surface area contributed by atoms with Crippen LogP contribution in [0.15, 0.2) is 0 Å². The number of nitrogens with one attached hydrogen (secondary N) is 1. The molecule has 1 heterocycles. The number of nitrogens with zero attached hydrogens (tertiary/aromatic N) is 1. The second-order valence-corrected chi connectivity index (χ2v) is 7.19. The normalized spacial score (nSPS) is 26.0. The van der Waals surface area contributed by atoms with Gasteiger partial charge in [-0.15, -0.1) is 0 Å². The highest BCUT2D eigenvalue weighted by Crippen LogP contribution is 2.37. The van der Waals surface area contributed by atoms with Gasteiger partial charge in [-0.1, -0.05) is 33.6 Å². The number of amides is 2. The molecule has 4 nitrogen and oxygen atoms in total. The van der Waals surface area contributed by atoms with Gasteiger partial charge in [0.15, 0.2) is 0 Å². The third-order valence-electron chi connectivity index (χ3n) is 4.59. The molecule has 120 valence electrons. The molecule has 1 aliphatic carbocycles. The van der Waals surface area contributed by atoms with E-state index < -0.39 is 0 Å².